The SMILES string of the molecule is Cc1ccc(C(OC(=O)C[C@H](NC(=O)[C@H](C(C)C)N(C)C(=O)C(C)(C)NS(=O)(=O)c2ccccc2[N+](=O)[O-])C(=O)N2CCCC2)(c2ccccc2)c2ccccc2Cl)cc1. The highest BCUT2D eigenvalue weighted by Crippen LogP contribution is 2.44. The third-order valence-electron chi connectivity index (χ3n) is 10.5. The number of rotatable bonds is 16. The van der Waals surface area contributed by atoms with Crippen LogP contribution in [0.3, 0.4) is 0 Å². The van der Waals surface area contributed by atoms with Gasteiger partial charge in [-0.15, -0.1) is 0 Å². The standard InChI is InChI=1S/C44H50ClN5O9S/c1-29(2)39(48(6)42(54)43(4,5)47-60(57,58)37-21-13-12-20-36(37)50(55)56)40(52)46-35(41(53)49-26-14-15-27-49)28-38(51)59-44(31-16-8-7-9-17-31,32-24-22-30(3)23-25-32)33-18-10-11-19-34(33)45/h7-13,16-25,29,35,39,47H,14-15,26-28H2,1-6H3,(H,46,52)/t35-,39-,44?/m0/s1. The maximum atomic E-state index is 14.5. The van der Waals surface area contributed by atoms with Gasteiger partial charge < -0.3 is 19.9 Å². The van der Waals surface area contributed by atoms with Gasteiger partial charge in [0, 0.05) is 47.9 Å². The molecule has 1 fully saturated rings. The van der Waals surface area contributed by atoms with Gasteiger partial charge in [-0.05, 0) is 51.7 Å². The second-order valence-corrected chi connectivity index (χ2v) is 17.8. The number of sulfonamides is 1. The Balaban J connectivity index is 1.47. The molecule has 0 radical (unpaired) electrons. The Kier molecular flexibility index (Phi) is 14.2. The topological polar surface area (TPSA) is 185 Å². The molecule has 1 aliphatic rings. The number of nitrogens with zero attached hydrogens (tertiary/aromatic N) is 3. The Morgan fingerprint density at radius 3 is 2.05 bits per heavy atom. The number of carbonyl (C=O) groups is 4. The number of amides is 3. The molecule has 1 aliphatic heterocycles. The zero-order chi connectivity index (χ0) is 44.0. The summed E-state index contributed by atoms with van der Waals surface area (Å²) in [5, 5.41) is 14.7. The molecule has 2 N–H and O–H groups in total. The summed E-state index contributed by atoms with van der Waals surface area (Å²) < 4.78 is 35.7. The van der Waals surface area contributed by atoms with Crippen molar-refractivity contribution in [1.82, 2.24) is 19.8 Å². The van der Waals surface area contributed by atoms with Gasteiger partial charge in [-0.1, -0.05) is 116 Å². The molecule has 3 atom stereocenters. The molecular formula is C44H50ClN5O9S. The lowest BCUT2D eigenvalue weighted by molar-refractivity contribution is -0.387. The number of likely N-dealkylation sites (tertiary alicyclic amines) is 1. The highest BCUT2D eigenvalue weighted by atomic mass is 35.5. The second-order valence-electron chi connectivity index (χ2n) is 15.7. The quantitative estimate of drug-likeness (QED) is 0.0579. The molecule has 4 aromatic rings. The maximum absolute atomic E-state index is 14.5. The number of carbonyl (C=O) groups excluding carboxylic acids is 4. The first kappa shape index (κ1) is 45.4. The molecule has 318 valence electrons. The number of aryl methyl sites for hydroxylation is 1. The number of halogens is 1. The molecular weight excluding hydrogens is 810 g/mol. The van der Waals surface area contributed by atoms with E-state index in [0.29, 0.717) is 34.8 Å². The first-order valence-corrected chi connectivity index (χ1v) is 21.4. The number of nitro benzene ring substituents is 1. The molecule has 3 amide bonds. The third kappa shape index (κ3) is 9.86. The van der Waals surface area contributed by atoms with Crippen LogP contribution in [0.25, 0.3) is 0 Å². The van der Waals surface area contributed by atoms with Crippen LogP contribution in [-0.4, -0.2) is 84.6 Å². The van der Waals surface area contributed by atoms with E-state index in [2.05, 4.69) is 10.0 Å². The van der Waals surface area contributed by atoms with E-state index in [0.717, 1.165) is 35.4 Å². The largest absolute Gasteiger partial charge is 0.444 e. The van der Waals surface area contributed by atoms with Crippen molar-refractivity contribution in [2.45, 2.75) is 82.0 Å². The van der Waals surface area contributed by atoms with Crippen molar-refractivity contribution in [2.24, 2.45) is 5.92 Å². The lowest BCUT2D eigenvalue weighted by Crippen LogP contribution is -2.61. The van der Waals surface area contributed by atoms with Gasteiger partial charge in [0.1, 0.15) is 17.6 Å². The third-order valence-corrected chi connectivity index (χ3v) is 12.5. The average Bonchev–Trinajstić information content (AvgIpc) is 3.75. The molecule has 1 saturated heterocycles. The Morgan fingerprint density at radius 2 is 1.45 bits per heavy atom. The number of nitro groups is 1. The molecule has 60 heavy (non-hydrogen) atoms. The van der Waals surface area contributed by atoms with Crippen LogP contribution in [0, 0.1) is 23.0 Å². The molecule has 0 bridgehead atoms. The van der Waals surface area contributed by atoms with Crippen LogP contribution in [0.1, 0.15) is 69.2 Å². The van der Waals surface area contributed by atoms with E-state index in [9.17, 15) is 37.7 Å². The minimum atomic E-state index is -4.62. The molecule has 0 aliphatic carbocycles. The predicted molar refractivity (Wildman–Crippen MR) is 226 cm³/mol. The molecule has 4 aromatic carbocycles. The Bertz CT molecular complexity index is 2340. The summed E-state index contributed by atoms with van der Waals surface area (Å²) in [6.07, 6.45) is 0.878. The molecule has 14 nitrogen and oxygen atoms in total. The van der Waals surface area contributed by atoms with Gasteiger partial charge in [0.05, 0.1) is 11.3 Å². The molecule has 0 aromatic heterocycles. The minimum Gasteiger partial charge on any atom is -0.444 e. The van der Waals surface area contributed by atoms with Crippen LogP contribution in [0.5, 0.6) is 0 Å². The van der Waals surface area contributed by atoms with Gasteiger partial charge in [0.2, 0.25) is 27.7 Å². The van der Waals surface area contributed by atoms with Crippen molar-refractivity contribution in [2.75, 3.05) is 20.1 Å². The van der Waals surface area contributed by atoms with Crippen LogP contribution < -0.4 is 10.0 Å². The first-order chi connectivity index (χ1) is 28.3. The summed E-state index contributed by atoms with van der Waals surface area (Å²) in [6.45, 7) is 8.64. The molecule has 0 saturated carbocycles. The number of benzene rings is 4. The molecule has 16 heteroatoms. The van der Waals surface area contributed by atoms with E-state index in [1.54, 1.807) is 43.0 Å². The normalized spacial score (nSPS) is 15.1. The van der Waals surface area contributed by atoms with Crippen molar-refractivity contribution in [3.63, 3.8) is 0 Å². The number of ether oxygens (including phenoxy) is 1. The fourth-order valence-corrected chi connectivity index (χ4v) is 9.43. The average molecular weight is 860 g/mol. The Labute approximate surface area is 355 Å². The summed E-state index contributed by atoms with van der Waals surface area (Å²) in [6, 6.07) is 25.6. The Morgan fingerprint density at radius 1 is 0.883 bits per heavy atom. The number of hydrogen-bond donors (Lipinski definition) is 2. The lowest BCUT2D eigenvalue weighted by Gasteiger charge is -2.37. The van der Waals surface area contributed by atoms with E-state index in [4.69, 9.17) is 16.3 Å². The van der Waals surface area contributed by atoms with Crippen molar-refractivity contribution in [1.29, 1.82) is 0 Å². The number of hydrogen-bond acceptors (Lipinski definition) is 9. The first-order valence-electron chi connectivity index (χ1n) is 19.5. The number of para-hydroxylation sites is 1. The van der Waals surface area contributed by atoms with Gasteiger partial charge in [-0.25, -0.2) is 8.42 Å². The highest BCUT2D eigenvalue weighted by molar-refractivity contribution is 7.89. The van der Waals surface area contributed by atoms with Gasteiger partial charge in [-0.3, -0.25) is 29.3 Å². The van der Waals surface area contributed by atoms with Crippen LogP contribution in [0.4, 0.5) is 5.69 Å². The van der Waals surface area contributed by atoms with Crippen LogP contribution in [-0.2, 0) is 39.5 Å². The van der Waals surface area contributed by atoms with E-state index in [1.165, 1.54) is 33.0 Å². The van der Waals surface area contributed by atoms with Gasteiger partial charge >= 0.3 is 5.97 Å². The predicted octanol–water partition coefficient (Wildman–Crippen LogP) is 6.13. The number of esters is 1. The molecule has 1 heterocycles. The van der Waals surface area contributed by atoms with Crippen molar-refractivity contribution in [3.8, 4) is 0 Å². The van der Waals surface area contributed by atoms with Gasteiger partial charge in [-0.2, -0.15) is 4.72 Å². The fraction of sp³-hybridized carbons (Fsp3) is 0.364. The monoisotopic (exact) mass is 859 g/mol. The van der Waals surface area contributed by atoms with Crippen LogP contribution in [0.15, 0.2) is 108 Å². The van der Waals surface area contributed by atoms with E-state index < -0.39 is 84.8 Å². The summed E-state index contributed by atoms with van der Waals surface area (Å²) in [5.41, 5.74) is -1.55. The van der Waals surface area contributed by atoms with Crippen molar-refractivity contribution < 1.29 is 37.3 Å². The zero-order valence-electron chi connectivity index (χ0n) is 34.4. The van der Waals surface area contributed by atoms with Gasteiger partial charge in [0.15, 0.2) is 10.5 Å². The molecule has 5 rings (SSSR count). The molecule has 0 spiro atoms. The number of nitrogens with one attached hydrogen (secondary N) is 2. The summed E-state index contributed by atoms with van der Waals surface area (Å²) >= 11 is 6.87. The molecule has 1 unspecified atom stereocenters. The van der Waals surface area contributed by atoms with E-state index in [-0.39, 0.29) is 0 Å². The minimum absolute atomic E-state index is 0.326. The van der Waals surface area contributed by atoms with E-state index in [1.807, 2.05) is 61.5 Å². The number of likely N-dealkylation sites (N-methyl/N-ethyl adjacent to an activating group) is 1. The summed E-state index contributed by atoms with van der Waals surface area (Å²) in [4.78, 5) is 69.9. The van der Waals surface area contributed by atoms with Crippen molar-refractivity contribution >= 4 is 51.0 Å². The summed E-state index contributed by atoms with van der Waals surface area (Å²) in [5.74, 6) is -3.53. The maximum Gasteiger partial charge on any atom is 0.310 e. The summed E-state index contributed by atoms with van der Waals surface area (Å²) in [7, 11) is -3.30. The van der Waals surface area contributed by atoms with Crippen molar-refractivity contribution in [3.05, 3.63) is 141 Å². The fourth-order valence-electron chi connectivity index (χ4n) is 7.62. The smallest absolute Gasteiger partial charge is 0.310 e. The lowest BCUT2D eigenvalue weighted by atomic mass is 9.79. The van der Waals surface area contributed by atoms with E-state index >= 15 is 0 Å². The van der Waals surface area contributed by atoms with Crippen LogP contribution in [0.2, 0.25) is 5.02 Å². The van der Waals surface area contributed by atoms with Crippen LogP contribution >= 0.6 is 11.6 Å². The second kappa shape index (κ2) is 18.7. The van der Waals surface area contributed by atoms with Gasteiger partial charge in [0.25, 0.3) is 5.69 Å². The zero-order valence-corrected chi connectivity index (χ0v) is 36.0. The highest BCUT2D eigenvalue weighted by Gasteiger charge is 2.45. The Hall–Kier alpha value is -5.64.